The van der Waals surface area contributed by atoms with Crippen molar-refractivity contribution in [3.8, 4) is 5.75 Å². The average molecular weight is 623 g/mol. The molecular formula is C32H40ClN6OPS. The zero-order chi connectivity index (χ0) is 29.6. The number of hydrogen-bond acceptors (Lipinski definition) is 8. The van der Waals surface area contributed by atoms with Crippen LogP contribution in [-0.4, -0.2) is 67.5 Å². The highest BCUT2D eigenvalue weighted by Gasteiger charge is 2.45. The van der Waals surface area contributed by atoms with Gasteiger partial charge in [-0.15, -0.1) is 11.3 Å². The van der Waals surface area contributed by atoms with Crippen LogP contribution >= 0.6 is 30.9 Å². The van der Waals surface area contributed by atoms with Gasteiger partial charge in [0, 0.05) is 65.1 Å². The second-order valence-electron chi connectivity index (χ2n) is 12.2. The summed E-state index contributed by atoms with van der Waals surface area (Å²) in [5, 5.41) is 12.1. The van der Waals surface area contributed by atoms with Gasteiger partial charge in [-0.1, -0.05) is 19.5 Å². The topological polar surface area (TPSA) is 65.6 Å². The van der Waals surface area contributed by atoms with E-state index in [1.807, 2.05) is 0 Å². The van der Waals surface area contributed by atoms with E-state index in [1.54, 1.807) is 24.6 Å². The Hall–Kier alpha value is -2.64. The van der Waals surface area contributed by atoms with E-state index in [0.717, 1.165) is 30.2 Å². The number of rotatable bonds is 8. The van der Waals surface area contributed by atoms with Crippen molar-refractivity contribution in [2.24, 2.45) is 5.41 Å². The Labute approximate surface area is 259 Å². The first-order valence-corrected chi connectivity index (χ1v) is 18.1. The summed E-state index contributed by atoms with van der Waals surface area (Å²) < 4.78 is 7.14. The number of aryl methyl sites for hydroxylation is 1. The highest BCUT2D eigenvalue weighted by molar-refractivity contribution is 7.65. The number of methoxy groups -OCH3 is 1. The number of nitrogens with zero attached hydrogens (tertiary/aromatic N) is 4. The number of likely N-dealkylation sites (tertiary alicyclic amines) is 1. The first-order chi connectivity index (χ1) is 20.2. The molecule has 0 atom stereocenters. The van der Waals surface area contributed by atoms with Crippen molar-refractivity contribution in [2.45, 2.75) is 39.7 Å². The van der Waals surface area contributed by atoms with E-state index in [0.29, 0.717) is 28.2 Å². The molecule has 7 nitrogen and oxygen atoms in total. The van der Waals surface area contributed by atoms with Crippen molar-refractivity contribution >= 4 is 75.1 Å². The molecule has 0 bridgehead atoms. The second kappa shape index (κ2) is 11.8. The van der Waals surface area contributed by atoms with E-state index in [9.17, 15) is 0 Å². The van der Waals surface area contributed by atoms with Crippen molar-refractivity contribution in [1.82, 2.24) is 14.9 Å². The Balaban J connectivity index is 1.20. The Kier molecular flexibility index (Phi) is 8.27. The molecule has 2 saturated heterocycles. The molecule has 0 amide bonds. The van der Waals surface area contributed by atoms with Gasteiger partial charge in [-0.25, -0.2) is 4.98 Å². The minimum Gasteiger partial charge on any atom is -0.494 e. The van der Waals surface area contributed by atoms with Crippen LogP contribution in [0.2, 0.25) is 5.02 Å². The van der Waals surface area contributed by atoms with Crippen LogP contribution in [0.15, 0.2) is 41.9 Å². The van der Waals surface area contributed by atoms with E-state index in [1.165, 1.54) is 52.6 Å². The molecule has 2 N–H and O–H groups in total. The predicted molar refractivity (Wildman–Crippen MR) is 182 cm³/mol. The quantitative estimate of drug-likeness (QED) is 0.194. The van der Waals surface area contributed by atoms with Gasteiger partial charge in [0.15, 0.2) is 5.82 Å². The van der Waals surface area contributed by atoms with Crippen molar-refractivity contribution < 1.29 is 4.74 Å². The number of hydrogen-bond donors (Lipinski definition) is 2. The Bertz CT molecular complexity index is 1590. The maximum Gasteiger partial charge on any atom is 0.229 e. The minimum absolute atomic E-state index is 0.352. The summed E-state index contributed by atoms with van der Waals surface area (Å²) in [6.45, 7) is 15.9. The molecule has 0 unspecified atom stereocenters. The number of halogens is 1. The van der Waals surface area contributed by atoms with Crippen molar-refractivity contribution in [3.63, 3.8) is 0 Å². The standard InChI is InChI=1S/C32H40ClN6OPS/c1-20(2)39-18-32(19-39)10-12-38(13-11-32)26-16-27(40-4)25(15-21(26)3)36-31-34-17-23(33)30(37-31)35-24-7-8-28-22(9-14-42-28)29(24)41(5)6/h7-9,14-17,20H,10-13,18-19H2,1-6H3,(H2,34,35,36,37). The predicted octanol–water partition coefficient (Wildman–Crippen LogP) is 7.83. The molecule has 6 rings (SSSR count). The number of ether oxygens (including phenoxy) is 1. The average Bonchev–Trinajstić information content (AvgIpc) is 3.42. The number of nitrogens with one attached hydrogen (secondary N) is 2. The summed E-state index contributed by atoms with van der Waals surface area (Å²) in [6.07, 6.45) is 4.12. The number of aromatic nitrogens is 2. The lowest BCUT2D eigenvalue weighted by Gasteiger charge is -2.56. The first-order valence-electron chi connectivity index (χ1n) is 14.6. The van der Waals surface area contributed by atoms with Gasteiger partial charge in [0.05, 0.1) is 19.0 Å². The van der Waals surface area contributed by atoms with Gasteiger partial charge < -0.3 is 20.3 Å². The number of anilines is 5. The van der Waals surface area contributed by atoms with E-state index < -0.39 is 0 Å². The maximum absolute atomic E-state index is 6.59. The fourth-order valence-electron chi connectivity index (χ4n) is 6.38. The Morgan fingerprint density at radius 2 is 1.83 bits per heavy atom. The molecule has 2 aliphatic rings. The lowest BCUT2D eigenvalue weighted by molar-refractivity contribution is -0.0380. The molecule has 4 heterocycles. The molecule has 222 valence electrons. The maximum atomic E-state index is 6.59. The molecule has 2 aromatic heterocycles. The molecule has 0 radical (unpaired) electrons. The zero-order valence-corrected chi connectivity index (χ0v) is 27.8. The third-order valence-corrected chi connectivity index (χ3v) is 11.3. The zero-order valence-electron chi connectivity index (χ0n) is 25.3. The first kappa shape index (κ1) is 29.4. The fourth-order valence-corrected chi connectivity index (χ4v) is 8.68. The lowest BCUT2D eigenvalue weighted by atomic mass is 9.71. The summed E-state index contributed by atoms with van der Waals surface area (Å²) in [4.78, 5) is 14.4. The molecule has 0 aliphatic carbocycles. The molecule has 1 spiro atoms. The third kappa shape index (κ3) is 5.67. The summed E-state index contributed by atoms with van der Waals surface area (Å²) in [7, 11) is 1.36. The van der Waals surface area contributed by atoms with Gasteiger partial charge in [-0.05, 0) is 87.6 Å². The number of fused-ring (bicyclic) bond motifs is 1. The van der Waals surface area contributed by atoms with Crippen molar-refractivity contribution in [1.29, 1.82) is 0 Å². The van der Waals surface area contributed by atoms with E-state index >= 15 is 0 Å². The summed E-state index contributed by atoms with van der Waals surface area (Å²) in [5.41, 5.74) is 4.80. The smallest absolute Gasteiger partial charge is 0.229 e. The van der Waals surface area contributed by atoms with Crippen LogP contribution in [0.25, 0.3) is 10.1 Å². The molecule has 2 aromatic carbocycles. The fraction of sp³-hybridized carbons (Fsp3) is 0.438. The SMILES string of the molecule is COc1cc(N2CCC3(CC2)CN(C(C)C)C3)c(C)cc1Nc1ncc(Cl)c(Nc2ccc3sccc3c2P(C)C)n1. The molecule has 2 fully saturated rings. The summed E-state index contributed by atoms with van der Waals surface area (Å²) in [6, 6.07) is 11.4. The van der Waals surface area contributed by atoms with Gasteiger partial charge >= 0.3 is 0 Å². The van der Waals surface area contributed by atoms with Crippen LogP contribution in [0.1, 0.15) is 32.3 Å². The molecule has 10 heteroatoms. The number of piperidine rings is 1. The molecule has 4 aromatic rings. The molecule has 0 saturated carbocycles. The third-order valence-electron chi connectivity index (χ3n) is 8.79. The Morgan fingerprint density at radius 1 is 1.07 bits per heavy atom. The molecular weight excluding hydrogens is 583 g/mol. The van der Waals surface area contributed by atoms with E-state index in [-0.39, 0.29) is 7.92 Å². The largest absolute Gasteiger partial charge is 0.494 e. The molecule has 2 aliphatic heterocycles. The van der Waals surface area contributed by atoms with Gasteiger partial charge in [0.25, 0.3) is 0 Å². The summed E-state index contributed by atoms with van der Waals surface area (Å²) in [5.74, 6) is 1.80. The van der Waals surface area contributed by atoms with E-state index in [2.05, 4.69) is 95.2 Å². The monoisotopic (exact) mass is 622 g/mol. The van der Waals surface area contributed by atoms with Crippen LogP contribution in [0.5, 0.6) is 5.75 Å². The Morgan fingerprint density at radius 3 is 2.52 bits per heavy atom. The van der Waals surface area contributed by atoms with E-state index in [4.69, 9.17) is 21.3 Å². The minimum atomic E-state index is -0.352. The van der Waals surface area contributed by atoms with Crippen LogP contribution in [0, 0.1) is 12.3 Å². The second-order valence-corrected chi connectivity index (χ2v) is 15.7. The van der Waals surface area contributed by atoms with Crippen molar-refractivity contribution in [2.75, 3.05) is 62.2 Å². The van der Waals surface area contributed by atoms with Gasteiger partial charge in [0.1, 0.15) is 10.8 Å². The van der Waals surface area contributed by atoms with Crippen LogP contribution in [-0.2, 0) is 0 Å². The normalized spacial score (nSPS) is 16.8. The van der Waals surface area contributed by atoms with Gasteiger partial charge in [0.2, 0.25) is 5.95 Å². The highest BCUT2D eigenvalue weighted by atomic mass is 35.5. The summed E-state index contributed by atoms with van der Waals surface area (Å²) >= 11 is 8.35. The lowest BCUT2D eigenvalue weighted by Crippen LogP contribution is -2.62. The van der Waals surface area contributed by atoms with Crippen LogP contribution in [0.3, 0.4) is 0 Å². The molecule has 42 heavy (non-hydrogen) atoms. The highest BCUT2D eigenvalue weighted by Crippen LogP contribution is 2.44. The number of benzene rings is 2. The van der Waals surface area contributed by atoms with Gasteiger partial charge in [-0.2, -0.15) is 4.98 Å². The van der Waals surface area contributed by atoms with Crippen molar-refractivity contribution in [3.05, 3.63) is 52.5 Å². The van der Waals surface area contributed by atoms with Crippen LogP contribution in [0.4, 0.5) is 28.8 Å². The van der Waals surface area contributed by atoms with Gasteiger partial charge in [-0.3, -0.25) is 4.90 Å². The number of thiophene rings is 1. The van der Waals surface area contributed by atoms with Crippen LogP contribution < -0.4 is 25.6 Å².